The van der Waals surface area contributed by atoms with Crippen LogP contribution in [0.1, 0.15) is 39.5 Å². The van der Waals surface area contributed by atoms with Crippen molar-refractivity contribution in [2.45, 2.75) is 50.0 Å². The van der Waals surface area contributed by atoms with Crippen LogP contribution in [0.3, 0.4) is 0 Å². The first-order chi connectivity index (χ1) is 16.2. The number of piperazine rings is 1. The van der Waals surface area contributed by atoms with E-state index in [9.17, 15) is 22.8 Å². The highest BCUT2D eigenvalue weighted by atomic mass is 32.2. The van der Waals surface area contributed by atoms with Crippen LogP contribution >= 0.6 is 0 Å². The number of nitrogens with zero attached hydrogens (tertiary/aromatic N) is 3. The smallest absolute Gasteiger partial charge is 0.325 e. The van der Waals surface area contributed by atoms with Crippen LogP contribution in [0.25, 0.3) is 0 Å². The van der Waals surface area contributed by atoms with E-state index in [-0.39, 0.29) is 55.4 Å². The lowest BCUT2D eigenvalue weighted by Crippen LogP contribution is -2.55. The Bertz CT molecular complexity index is 1050. The van der Waals surface area contributed by atoms with Crippen LogP contribution in [-0.2, 0) is 19.6 Å². The molecule has 2 aliphatic heterocycles. The van der Waals surface area contributed by atoms with Crippen LogP contribution in [0.4, 0.5) is 4.79 Å². The molecule has 1 aliphatic carbocycles. The molecule has 34 heavy (non-hydrogen) atoms. The van der Waals surface area contributed by atoms with Crippen molar-refractivity contribution in [1.29, 1.82) is 0 Å². The van der Waals surface area contributed by atoms with E-state index in [0.717, 1.165) is 24.2 Å². The van der Waals surface area contributed by atoms with Crippen molar-refractivity contribution in [3.8, 4) is 5.75 Å². The van der Waals surface area contributed by atoms with Gasteiger partial charge in [-0.25, -0.2) is 13.2 Å². The highest BCUT2D eigenvalue weighted by Gasteiger charge is 2.55. The average Bonchev–Trinajstić information content (AvgIpc) is 3.06. The van der Waals surface area contributed by atoms with Crippen molar-refractivity contribution in [3.63, 3.8) is 0 Å². The maximum Gasteiger partial charge on any atom is 0.325 e. The Kier molecular flexibility index (Phi) is 6.86. The van der Waals surface area contributed by atoms with E-state index in [1.54, 1.807) is 12.1 Å². The summed E-state index contributed by atoms with van der Waals surface area (Å²) in [6.07, 6.45) is 3.34. The zero-order valence-corrected chi connectivity index (χ0v) is 20.5. The van der Waals surface area contributed by atoms with Crippen molar-refractivity contribution >= 4 is 27.9 Å². The number of nitrogens with one attached hydrogen (secondary N) is 1. The molecule has 0 aromatic heterocycles. The van der Waals surface area contributed by atoms with Gasteiger partial charge in [0.2, 0.25) is 15.9 Å². The summed E-state index contributed by atoms with van der Waals surface area (Å²) in [4.78, 5) is 41.3. The highest BCUT2D eigenvalue weighted by Crippen LogP contribution is 2.38. The molecule has 1 aromatic rings. The van der Waals surface area contributed by atoms with Crippen molar-refractivity contribution in [1.82, 2.24) is 19.4 Å². The third-order valence-electron chi connectivity index (χ3n) is 7.16. The minimum absolute atomic E-state index is 0.0224. The van der Waals surface area contributed by atoms with Crippen LogP contribution in [0.15, 0.2) is 29.2 Å². The molecule has 1 spiro atoms. The number of ether oxygens (including phenoxy) is 1. The molecule has 1 aromatic carbocycles. The van der Waals surface area contributed by atoms with Crippen LogP contribution in [0.2, 0.25) is 0 Å². The van der Waals surface area contributed by atoms with Gasteiger partial charge in [0, 0.05) is 26.2 Å². The molecule has 1 N–H and O–H groups in total. The minimum Gasteiger partial charge on any atom is -0.494 e. The van der Waals surface area contributed by atoms with E-state index in [0.29, 0.717) is 18.8 Å². The summed E-state index contributed by atoms with van der Waals surface area (Å²) >= 11 is 0. The topological polar surface area (TPSA) is 116 Å². The number of hydrogen-bond donors (Lipinski definition) is 1. The Labute approximate surface area is 200 Å². The molecule has 3 fully saturated rings. The van der Waals surface area contributed by atoms with E-state index >= 15 is 0 Å². The molecule has 0 unspecified atom stereocenters. The lowest BCUT2D eigenvalue weighted by atomic mass is 9.73. The van der Waals surface area contributed by atoms with Crippen molar-refractivity contribution in [3.05, 3.63) is 24.3 Å². The second-order valence-corrected chi connectivity index (χ2v) is 11.1. The van der Waals surface area contributed by atoms with Gasteiger partial charge in [0.05, 0.1) is 11.5 Å². The second kappa shape index (κ2) is 9.53. The fraction of sp³-hybridized carbons (Fsp3) is 0.609. The molecule has 1 saturated carbocycles. The first kappa shape index (κ1) is 24.5. The Morgan fingerprint density at radius 1 is 1.12 bits per heavy atom. The largest absolute Gasteiger partial charge is 0.494 e. The molecular formula is C23H32N4O6S. The molecular weight excluding hydrogens is 460 g/mol. The van der Waals surface area contributed by atoms with Crippen molar-refractivity contribution in [2.24, 2.45) is 5.92 Å². The van der Waals surface area contributed by atoms with Gasteiger partial charge in [-0.2, -0.15) is 4.31 Å². The summed E-state index contributed by atoms with van der Waals surface area (Å²) < 4.78 is 32.7. The number of urea groups is 1. The third kappa shape index (κ3) is 4.38. The summed E-state index contributed by atoms with van der Waals surface area (Å²) in [5, 5.41) is 2.85. The Hall–Kier alpha value is -2.66. The van der Waals surface area contributed by atoms with E-state index < -0.39 is 21.6 Å². The SMILES string of the molecule is CCOc1ccc(S(=O)(=O)N2CCN(C(=O)CN3C(=O)N[C@@]4(CCCC[C@H]4C)C3=O)CC2)cc1. The van der Waals surface area contributed by atoms with Gasteiger partial charge in [0.15, 0.2) is 0 Å². The van der Waals surface area contributed by atoms with Gasteiger partial charge >= 0.3 is 6.03 Å². The van der Waals surface area contributed by atoms with Crippen LogP contribution in [-0.4, -0.2) is 85.2 Å². The number of benzene rings is 1. The van der Waals surface area contributed by atoms with Crippen molar-refractivity contribution < 1.29 is 27.5 Å². The van der Waals surface area contributed by atoms with E-state index in [1.807, 2.05) is 13.8 Å². The number of sulfonamides is 1. The standard InChI is InChI=1S/C23H32N4O6S/c1-3-33-18-7-9-19(10-8-18)34(31,32)26-14-12-25(13-15-26)20(28)16-27-21(29)23(24-22(27)30)11-5-4-6-17(23)2/h7-10,17H,3-6,11-16H2,1-2H3,(H,24,30)/t17-,23-/m1/s1. The predicted octanol–water partition coefficient (Wildman–Crippen LogP) is 1.42. The summed E-state index contributed by atoms with van der Waals surface area (Å²) in [6, 6.07) is 5.74. The summed E-state index contributed by atoms with van der Waals surface area (Å²) in [5.41, 5.74) is -0.903. The Morgan fingerprint density at radius 2 is 1.79 bits per heavy atom. The number of carbonyl (C=O) groups is 3. The third-order valence-corrected chi connectivity index (χ3v) is 9.07. The van der Waals surface area contributed by atoms with Gasteiger partial charge in [0.1, 0.15) is 17.8 Å². The fourth-order valence-electron chi connectivity index (χ4n) is 5.08. The first-order valence-electron chi connectivity index (χ1n) is 11.8. The second-order valence-electron chi connectivity index (χ2n) is 9.13. The molecule has 2 atom stereocenters. The van der Waals surface area contributed by atoms with Crippen LogP contribution in [0.5, 0.6) is 5.75 Å². The number of amides is 4. The summed E-state index contributed by atoms with van der Waals surface area (Å²) in [5.74, 6) is -0.0622. The van der Waals surface area contributed by atoms with Crippen molar-refractivity contribution in [2.75, 3.05) is 39.3 Å². The quantitative estimate of drug-likeness (QED) is 0.601. The maximum atomic E-state index is 13.1. The fourth-order valence-corrected chi connectivity index (χ4v) is 6.50. The normalized spacial score (nSPS) is 26.1. The van der Waals surface area contributed by atoms with Gasteiger partial charge < -0.3 is 15.0 Å². The molecule has 10 nitrogen and oxygen atoms in total. The van der Waals surface area contributed by atoms with Gasteiger partial charge in [-0.3, -0.25) is 14.5 Å². The molecule has 4 rings (SSSR count). The van der Waals surface area contributed by atoms with E-state index in [1.165, 1.54) is 21.3 Å². The maximum absolute atomic E-state index is 13.1. The molecule has 2 saturated heterocycles. The minimum atomic E-state index is -3.70. The molecule has 0 radical (unpaired) electrons. The molecule has 4 amide bonds. The lowest BCUT2D eigenvalue weighted by Gasteiger charge is -2.37. The highest BCUT2D eigenvalue weighted by molar-refractivity contribution is 7.89. The monoisotopic (exact) mass is 492 g/mol. The summed E-state index contributed by atoms with van der Waals surface area (Å²) in [6.45, 7) is 4.65. The number of rotatable bonds is 6. The Balaban J connectivity index is 1.35. The van der Waals surface area contributed by atoms with Gasteiger partial charge in [-0.1, -0.05) is 19.8 Å². The zero-order valence-electron chi connectivity index (χ0n) is 19.7. The Morgan fingerprint density at radius 3 is 2.41 bits per heavy atom. The zero-order chi connectivity index (χ0) is 24.5. The van der Waals surface area contributed by atoms with Gasteiger partial charge in [-0.05, 0) is 49.9 Å². The number of hydrogen-bond acceptors (Lipinski definition) is 6. The van der Waals surface area contributed by atoms with E-state index in [4.69, 9.17) is 4.74 Å². The number of carbonyl (C=O) groups excluding carboxylic acids is 3. The molecule has 0 bridgehead atoms. The average molecular weight is 493 g/mol. The van der Waals surface area contributed by atoms with Crippen LogP contribution in [0, 0.1) is 5.92 Å². The summed E-state index contributed by atoms with van der Waals surface area (Å²) in [7, 11) is -3.70. The first-order valence-corrected chi connectivity index (χ1v) is 13.3. The predicted molar refractivity (Wildman–Crippen MR) is 124 cm³/mol. The van der Waals surface area contributed by atoms with Gasteiger partial charge in [0.25, 0.3) is 5.91 Å². The molecule has 3 aliphatic rings. The lowest BCUT2D eigenvalue weighted by molar-refractivity contribution is -0.141. The molecule has 2 heterocycles. The van der Waals surface area contributed by atoms with E-state index in [2.05, 4.69) is 5.32 Å². The molecule has 186 valence electrons. The molecule has 11 heteroatoms. The van der Waals surface area contributed by atoms with Gasteiger partial charge in [-0.15, -0.1) is 0 Å². The number of imide groups is 1. The van der Waals surface area contributed by atoms with Crippen LogP contribution < -0.4 is 10.1 Å².